The molecule has 6 heteroatoms. The van der Waals surface area contributed by atoms with Crippen molar-refractivity contribution >= 4 is 17.2 Å². The van der Waals surface area contributed by atoms with Crippen LogP contribution < -0.4 is 0 Å². The van der Waals surface area contributed by atoms with Crippen LogP contribution >= 0.6 is 11.3 Å². The fourth-order valence-electron chi connectivity index (χ4n) is 3.19. The van der Waals surface area contributed by atoms with Crippen molar-refractivity contribution < 1.29 is 9.53 Å². The number of aromatic nitrogens is 1. The number of carbonyl (C=O) groups excluding carboxylic acids is 1. The van der Waals surface area contributed by atoms with Crippen molar-refractivity contribution in [3.05, 3.63) is 16.6 Å². The van der Waals surface area contributed by atoms with E-state index in [9.17, 15) is 4.79 Å². The third-order valence-corrected chi connectivity index (χ3v) is 4.92. The second-order valence-corrected chi connectivity index (χ2v) is 6.69. The SMILES string of the molecule is CC(=O)N1CCC[C@]2(CN(Cc3nccs3)CCO2)C1. The van der Waals surface area contributed by atoms with E-state index in [-0.39, 0.29) is 11.5 Å². The lowest BCUT2D eigenvalue weighted by atomic mass is 9.90. The summed E-state index contributed by atoms with van der Waals surface area (Å²) in [6, 6.07) is 0. The monoisotopic (exact) mass is 295 g/mol. The summed E-state index contributed by atoms with van der Waals surface area (Å²) < 4.78 is 6.08. The molecule has 0 bridgehead atoms. The molecule has 0 radical (unpaired) electrons. The van der Waals surface area contributed by atoms with Gasteiger partial charge in [-0.2, -0.15) is 0 Å². The second kappa shape index (κ2) is 5.79. The minimum absolute atomic E-state index is 0.157. The molecule has 2 fully saturated rings. The van der Waals surface area contributed by atoms with E-state index in [0.29, 0.717) is 0 Å². The van der Waals surface area contributed by atoms with E-state index in [4.69, 9.17) is 4.74 Å². The van der Waals surface area contributed by atoms with E-state index >= 15 is 0 Å². The molecule has 2 saturated heterocycles. The van der Waals surface area contributed by atoms with Gasteiger partial charge in [-0.3, -0.25) is 9.69 Å². The van der Waals surface area contributed by atoms with Crippen LogP contribution in [0.3, 0.4) is 0 Å². The molecular weight excluding hydrogens is 274 g/mol. The number of hydrogen-bond acceptors (Lipinski definition) is 5. The molecule has 20 heavy (non-hydrogen) atoms. The van der Waals surface area contributed by atoms with Crippen LogP contribution in [-0.4, -0.2) is 59.1 Å². The van der Waals surface area contributed by atoms with E-state index in [1.54, 1.807) is 18.3 Å². The zero-order chi connectivity index (χ0) is 14.0. The smallest absolute Gasteiger partial charge is 0.219 e. The number of ether oxygens (including phenoxy) is 1. The molecular formula is C14H21N3O2S. The van der Waals surface area contributed by atoms with E-state index in [1.807, 2.05) is 16.5 Å². The summed E-state index contributed by atoms with van der Waals surface area (Å²) in [7, 11) is 0. The Balaban J connectivity index is 1.65. The van der Waals surface area contributed by atoms with Gasteiger partial charge < -0.3 is 9.64 Å². The maximum absolute atomic E-state index is 11.6. The molecule has 1 atom stereocenters. The predicted molar refractivity (Wildman–Crippen MR) is 77.6 cm³/mol. The average molecular weight is 295 g/mol. The fraction of sp³-hybridized carbons (Fsp3) is 0.714. The lowest BCUT2D eigenvalue weighted by Gasteiger charge is -2.47. The molecule has 0 aliphatic carbocycles. The Morgan fingerprint density at radius 1 is 1.50 bits per heavy atom. The lowest BCUT2D eigenvalue weighted by molar-refractivity contribution is -0.156. The quantitative estimate of drug-likeness (QED) is 0.826. The number of hydrogen-bond donors (Lipinski definition) is 0. The molecule has 5 nitrogen and oxygen atoms in total. The van der Waals surface area contributed by atoms with Crippen LogP contribution in [0.1, 0.15) is 24.8 Å². The minimum atomic E-state index is -0.167. The molecule has 3 heterocycles. The van der Waals surface area contributed by atoms with Gasteiger partial charge in [-0.15, -0.1) is 11.3 Å². The molecule has 0 N–H and O–H groups in total. The number of morpholine rings is 1. The Kier molecular flexibility index (Phi) is 4.05. The van der Waals surface area contributed by atoms with Gasteiger partial charge in [-0.1, -0.05) is 0 Å². The highest BCUT2D eigenvalue weighted by Gasteiger charge is 2.41. The number of rotatable bonds is 2. The predicted octanol–water partition coefficient (Wildman–Crippen LogP) is 1.36. The molecule has 1 aromatic rings. The van der Waals surface area contributed by atoms with E-state index < -0.39 is 0 Å². The Hall–Kier alpha value is -0.980. The summed E-state index contributed by atoms with van der Waals surface area (Å²) in [5.74, 6) is 0.157. The highest BCUT2D eigenvalue weighted by atomic mass is 32.1. The maximum atomic E-state index is 11.6. The van der Waals surface area contributed by atoms with Crippen molar-refractivity contribution in [3.63, 3.8) is 0 Å². The van der Waals surface area contributed by atoms with Gasteiger partial charge in [0.25, 0.3) is 0 Å². The van der Waals surface area contributed by atoms with Crippen molar-refractivity contribution in [1.29, 1.82) is 0 Å². The van der Waals surface area contributed by atoms with Gasteiger partial charge in [0, 0.05) is 38.1 Å². The number of likely N-dealkylation sites (tertiary alicyclic amines) is 1. The van der Waals surface area contributed by atoms with Gasteiger partial charge in [0.05, 0.1) is 25.3 Å². The molecule has 1 spiro atoms. The van der Waals surface area contributed by atoms with Crippen molar-refractivity contribution in [2.24, 2.45) is 0 Å². The van der Waals surface area contributed by atoms with E-state index in [2.05, 4.69) is 9.88 Å². The van der Waals surface area contributed by atoms with Crippen LogP contribution in [0, 0.1) is 0 Å². The van der Waals surface area contributed by atoms with Crippen LogP contribution in [0.25, 0.3) is 0 Å². The zero-order valence-corrected chi connectivity index (χ0v) is 12.7. The number of carbonyl (C=O) groups is 1. The van der Waals surface area contributed by atoms with Crippen LogP contribution in [0.4, 0.5) is 0 Å². The summed E-state index contributed by atoms with van der Waals surface area (Å²) in [5.41, 5.74) is -0.167. The van der Waals surface area contributed by atoms with Crippen LogP contribution in [0.15, 0.2) is 11.6 Å². The van der Waals surface area contributed by atoms with Crippen LogP contribution in [0.2, 0.25) is 0 Å². The fourth-order valence-corrected chi connectivity index (χ4v) is 3.85. The topological polar surface area (TPSA) is 45.7 Å². The molecule has 0 aromatic carbocycles. The molecule has 2 aliphatic rings. The molecule has 1 aromatic heterocycles. The average Bonchev–Trinajstić information content (AvgIpc) is 2.92. The Labute approximate surface area is 123 Å². The molecule has 0 saturated carbocycles. The molecule has 2 aliphatic heterocycles. The summed E-state index contributed by atoms with van der Waals surface area (Å²) in [5, 5.41) is 3.17. The largest absolute Gasteiger partial charge is 0.370 e. The summed E-state index contributed by atoms with van der Waals surface area (Å²) in [4.78, 5) is 20.3. The van der Waals surface area contributed by atoms with Gasteiger partial charge in [0.15, 0.2) is 0 Å². The third kappa shape index (κ3) is 3.02. The molecule has 3 rings (SSSR count). The Morgan fingerprint density at radius 2 is 2.40 bits per heavy atom. The maximum Gasteiger partial charge on any atom is 0.219 e. The molecule has 1 amide bonds. The first-order valence-corrected chi connectivity index (χ1v) is 8.05. The van der Waals surface area contributed by atoms with Crippen molar-refractivity contribution in [3.8, 4) is 0 Å². The Morgan fingerprint density at radius 3 is 3.15 bits per heavy atom. The zero-order valence-electron chi connectivity index (χ0n) is 11.9. The highest BCUT2D eigenvalue weighted by Crippen LogP contribution is 2.29. The second-order valence-electron chi connectivity index (χ2n) is 5.71. The number of amides is 1. The normalized spacial score (nSPS) is 27.9. The molecule has 110 valence electrons. The first-order chi connectivity index (χ1) is 9.67. The van der Waals surface area contributed by atoms with Crippen molar-refractivity contribution in [1.82, 2.24) is 14.8 Å². The molecule has 0 unspecified atom stereocenters. The number of thiazole rings is 1. The third-order valence-electron chi connectivity index (χ3n) is 4.15. The van der Waals surface area contributed by atoms with Crippen molar-refractivity contribution in [2.45, 2.75) is 31.9 Å². The van der Waals surface area contributed by atoms with E-state index in [1.165, 1.54) is 0 Å². The first kappa shape index (κ1) is 14.0. The van der Waals surface area contributed by atoms with Gasteiger partial charge in [-0.05, 0) is 12.8 Å². The summed E-state index contributed by atoms with van der Waals surface area (Å²) >= 11 is 1.70. The Bertz CT molecular complexity index is 461. The van der Waals surface area contributed by atoms with Gasteiger partial charge in [0.2, 0.25) is 5.91 Å². The van der Waals surface area contributed by atoms with Crippen LogP contribution in [0.5, 0.6) is 0 Å². The number of nitrogens with zero attached hydrogens (tertiary/aromatic N) is 3. The lowest BCUT2D eigenvalue weighted by Crippen LogP contribution is -2.60. The minimum Gasteiger partial charge on any atom is -0.370 e. The van der Waals surface area contributed by atoms with Gasteiger partial charge in [0.1, 0.15) is 5.01 Å². The van der Waals surface area contributed by atoms with Crippen molar-refractivity contribution in [2.75, 3.05) is 32.8 Å². The van der Waals surface area contributed by atoms with Crippen LogP contribution in [-0.2, 0) is 16.1 Å². The number of piperidine rings is 1. The highest BCUT2D eigenvalue weighted by molar-refractivity contribution is 7.09. The van der Waals surface area contributed by atoms with Gasteiger partial charge in [-0.25, -0.2) is 4.98 Å². The summed E-state index contributed by atoms with van der Waals surface area (Å²) in [6.45, 7) is 6.73. The summed E-state index contributed by atoms with van der Waals surface area (Å²) in [6.07, 6.45) is 3.93. The van der Waals surface area contributed by atoms with Gasteiger partial charge >= 0.3 is 0 Å². The first-order valence-electron chi connectivity index (χ1n) is 7.17. The standard InChI is InChI=1S/C14H21N3O2S/c1-12(18)17-5-2-3-14(11-17)10-16(6-7-19-14)9-13-15-4-8-20-13/h4,8H,2-3,5-7,9-11H2,1H3/t14-/m0/s1. The van der Waals surface area contributed by atoms with E-state index in [0.717, 1.165) is 57.2 Å².